The summed E-state index contributed by atoms with van der Waals surface area (Å²) in [6, 6.07) is 12.9. The number of nitrogens with zero attached hydrogens (tertiary/aromatic N) is 3. The van der Waals surface area contributed by atoms with E-state index in [2.05, 4.69) is 10.5 Å². The fourth-order valence-corrected chi connectivity index (χ4v) is 2.70. The van der Waals surface area contributed by atoms with Gasteiger partial charge in [-0.1, -0.05) is 12.1 Å². The minimum atomic E-state index is -0.519. The van der Waals surface area contributed by atoms with Crippen molar-refractivity contribution >= 4 is 23.5 Å². The maximum absolute atomic E-state index is 12.0. The van der Waals surface area contributed by atoms with Crippen molar-refractivity contribution in [3.05, 3.63) is 86.1 Å². The van der Waals surface area contributed by atoms with Gasteiger partial charge in [0.25, 0.3) is 11.4 Å². The van der Waals surface area contributed by atoms with Crippen LogP contribution < -0.4 is 10.2 Å². The molecule has 0 fully saturated rings. The molecule has 0 saturated heterocycles. The molecule has 0 unspecified atom stereocenters. The number of hydrogen-bond acceptors (Lipinski definition) is 8. The highest BCUT2D eigenvalue weighted by atomic mass is 16.6. The van der Waals surface area contributed by atoms with Gasteiger partial charge in [-0.25, -0.2) is 5.43 Å². The third-order valence-electron chi connectivity index (χ3n) is 4.18. The molecule has 11 nitrogen and oxygen atoms in total. The summed E-state index contributed by atoms with van der Waals surface area (Å²) in [5.41, 5.74) is 3.16. The van der Waals surface area contributed by atoms with Crippen molar-refractivity contribution < 1.29 is 23.8 Å². The molecule has 3 rings (SSSR count). The number of carbonyl (C=O) groups is 1. The molecule has 31 heavy (non-hydrogen) atoms. The summed E-state index contributed by atoms with van der Waals surface area (Å²) in [6.45, 7) is 0. The molecule has 11 heteroatoms. The number of hydrogen-bond donors (Lipinski definition) is 1. The quantitative estimate of drug-likeness (QED) is 0.330. The Balaban J connectivity index is 1.64. The van der Waals surface area contributed by atoms with Crippen LogP contribution in [0.25, 0.3) is 11.3 Å². The van der Waals surface area contributed by atoms with E-state index in [4.69, 9.17) is 9.15 Å². The Morgan fingerprint density at radius 1 is 1.06 bits per heavy atom. The van der Waals surface area contributed by atoms with Gasteiger partial charge in [0, 0.05) is 24.3 Å². The van der Waals surface area contributed by atoms with E-state index in [0.29, 0.717) is 28.4 Å². The molecule has 3 aromatic rings. The molecule has 0 saturated carbocycles. The number of hydrazone groups is 1. The Morgan fingerprint density at radius 2 is 1.74 bits per heavy atom. The molecular formula is C20H16N4O7. The van der Waals surface area contributed by atoms with E-state index in [-0.39, 0.29) is 17.8 Å². The van der Waals surface area contributed by atoms with Crippen molar-refractivity contribution in [1.29, 1.82) is 0 Å². The van der Waals surface area contributed by atoms with Crippen molar-refractivity contribution in [3.8, 4) is 17.1 Å². The van der Waals surface area contributed by atoms with Gasteiger partial charge in [-0.05, 0) is 23.8 Å². The third kappa shape index (κ3) is 5.29. The average Bonchev–Trinajstić information content (AvgIpc) is 3.22. The van der Waals surface area contributed by atoms with Crippen molar-refractivity contribution in [3.63, 3.8) is 0 Å². The van der Waals surface area contributed by atoms with Crippen LogP contribution in [0.2, 0.25) is 0 Å². The molecule has 0 radical (unpaired) electrons. The summed E-state index contributed by atoms with van der Waals surface area (Å²) >= 11 is 0. The molecule has 0 aliphatic rings. The summed E-state index contributed by atoms with van der Waals surface area (Å²) in [4.78, 5) is 32.6. The molecule has 0 atom stereocenters. The van der Waals surface area contributed by atoms with Crippen LogP contribution in [0.4, 0.5) is 11.4 Å². The number of nitro benzene ring substituents is 2. The Bertz CT molecular complexity index is 1150. The first-order valence-electron chi connectivity index (χ1n) is 8.85. The maximum Gasteiger partial charge on any atom is 0.270 e. The normalized spacial score (nSPS) is 10.7. The van der Waals surface area contributed by atoms with Gasteiger partial charge in [0.15, 0.2) is 0 Å². The maximum atomic E-state index is 12.0. The van der Waals surface area contributed by atoms with E-state index in [1.54, 1.807) is 12.1 Å². The molecule has 0 spiro atoms. The van der Waals surface area contributed by atoms with Crippen molar-refractivity contribution in [2.24, 2.45) is 5.10 Å². The van der Waals surface area contributed by atoms with Gasteiger partial charge in [0.05, 0.1) is 35.2 Å². The first kappa shape index (κ1) is 21.2. The van der Waals surface area contributed by atoms with Crippen molar-refractivity contribution in [2.45, 2.75) is 6.42 Å². The fraction of sp³-hybridized carbons (Fsp3) is 0.100. The predicted octanol–water partition coefficient (Wildman–Crippen LogP) is 3.46. The fourth-order valence-electron chi connectivity index (χ4n) is 2.70. The Labute approximate surface area is 175 Å². The van der Waals surface area contributed by atoms with Crippen LogP contribution in [0.15, 0.2) is 64.1 Å². The first-order valence-corrected chi connectivity index (χ1v) is 8.85. The number of amides is 1. The molecule has 0 aliphatic carbocycles. The van der Waals surface area contributed by atoms with Gasteiger partial charge < -0.3 is 9.15 Å². The molecule has 2 aromatic carbocycles. The zero-order chi connectivity index (χ0) is 22.4. The van der Waals surface area contributed by atoms with Crippen molar-refractivity contribution in [2.75, 3.05) is 7.11 Å². The van der Waals surface area contributed by atoms with Crippen LogP contribution in [-0.2, 0) is 11.2 Å². The zero-order valence-electron chi connectivity index (χ0n) is 16.2. The third-order valence-corrected chi connectivity index (χ3v) is 4.18. The second-order valence-electron chi connectivity index (χ2n) is 6.24. The van der Waals surface area contributed by atoms with Gasteiger partial charge in [0.1, 0.15) is 17.3 Å². The molecule has 1 N–H and O–H groups in total. The number of benzene rings is 2. The molecule has 1 amide bonds. The summed E-state index contributed by atoms with van der Waals surface area (Å²) in [6.07, 6.45) is 1.27. The highest BCUT2D eigenvalue weighted by Crippen LogP contribution is 2.34. The molecule has 1 aromatic heterocycles. The molecule has 1 heterocycles. The number of methoxy groups -OCH3 is 1. The van der Waals surface area contributed by atoms with Crippen molar-refractivity contribution in [1.82, 2.24) is 5.43 Å². The van der Waals surface area contributed by atoms with E-state index in [1.807, 2.05) is 0 Å². The lowest BCUT2D eigenvalue weighted by molar-refractivity contribution is -0.385. The van der Waals surface area contributed by atoms with Gasteiger partial charge in [-0.2, -0.15) is 5.10 Å². The number of rotatable bonds is 8. The van der Waals surface area contributed by atoms with E-state index in [0.717, 1.165) is 0 Å². The van der Waals surface area contributed by atoms with E-state index < -0.39 is 15.8 Å². The van der Waals surface area contributed by atoms with Crippen LogP contribution in [0.3, 0.4) is 0 Å². The minimum Gasteiger partial charge on any atom is -0.496 e. The van der Waals surface area contributed by atoms with Crippen LogP contribution in [-0.4, -0.2) is 29.1 Å². The summed E-state index contributed by atoms with van der Waals surface area (Å²) < 4.78 is 10.8. The van der Waals surface area contributed by atoms with Gasteiger partial charge in [-0.3, -0.25) is 25.0 Å². The lowest BCUT2D eigenvalue weighted by Gasteiger charge is -2.05. The van der Waals surface area contributed by atoms with E-state index >= 15 is 0 Å². The first-order chi connectivity index (χ1) is 14.9. The number of nitro groups is 2. The van der Waals surface area contributed by atoms with Gasteiger partial charge in [-0.15, -0.1) is 0 Å². The Kier molecular flexibility index (Phi) is 6.36. The largest absolute Gasteiger partial charge is 0.496 e. The van der Waals surface area contributed by atoms with E-state index in [1.165, 1.54) is 55.8 Å². The molecule has 158 valence electrons. The number of nitrogens with one attached hydrogen (secondary N) is 1. The SMILES string of the molecule is COc1ccc([N+](=O)[O-])cc1-c1ccc(/C=N\NC(=O)Cc2ccc([N+](=O)[O-])cc2)o1. The zero-order valence-corrected chi connectivity index (χ0v) is 16.2. The van der Waals surface area contributed by atoms with Crippen LogP contribution in [0, 0.1) is 20.2 Å². The molecular weight excluding hydrogens is 408 g/mol. The average molecular weight is 424 g/mol. The smallest absolute Gasteiger partial charge is 0.270 e. The monoisotopic (exact) mass is 424 g/mol. The van der Waals surface area contributed by atoms with Crippen LogP contribution in [0.1, 0.15) is 11.3 Å². The predicted molar refractivity (Wildman–Crippen MR) is 110 cm³/mol. The van der Waals surface area contributed by atoms with E-state index in [9.17, 15) is 25.0 Å². The lowest BCUT2D eigenvalue weighted by atomic mass is 10.1. The second-order valence-corrected chi connectivity index (χ2v) is 6.24. The number of carbonyl (C=O) groups excluding carboxylic acids is 1. The highest BCUT2D eigenvalue weighted by Gasteiger charge is 2.15. The number of ether oxygens (including phenoxy) is 1. The van der Waals surface area contributed by atoms with Crippen LogP contribution in [0.5, 0.6) is 5.75 Å². The molecule has 0 bridgehead atoms. The second kappa shape index (κ2) is 9.31. The number of non-ortho nitro benzene ring substituents is 2. The summed E-state index contributed by atoms with van der Waals surface area (Å²) in [5.74, 6) is 0.621. The standard InChI is InChI=1S/C20H16N4O7/c1-30-18-8-6-15(24(28)29)11-17(18)19-9-7-16(31-19)12-21-22-20(25)10-13-2-4-14(5-3-13)23(26)27/h2-9,11-12H,10H2,1H3,(H,22,25)/b21-12-. The highest BCUT2D eigenvalue weighted by molar-refractivity contribution is 5.82. The Hall–Kier alpha value is -4.54. The summed E-state index contributed by atoms with van der Waals surface area (Å²) in [5, 5.41) is 25.5. The van der Waals surface area contributed by atoms with Gasteiger partial charge in [0.2, 0.25) is 5.91 Å². The summed E-state index contributed by atoms with van der Waals surface area (Å²) in [7, 11) is 1.44. The molecule has 0 aliphatic heterocycles. The minimum absolute atomic E-state index is 0.0103. The number of furan rings is 1. The Morgan fingerprint density at radius 3 is 2.39 bits per heavy atom. The van der Waals surface area contributed by atoms with Gasteiger partial charge >= 0.3 is 0 Å². The lowest BCUT2D eigenvalue weighted by Crippen LogP contribution is -2.19. The van der Waals surface area contributed by atoms with Crippen LogP contribution >= 0.6 is 0 Å². The topological polar surface area (TPSA) is 150 Å².